The molecule has 0 radical (unpaired) electrons. The Morgan fingerprint density at radius 1 is 0.833 bits per heavy atom. The van der Waals surface area contributed by atoms with Crippen LogP contribution in [0.4, 0.5) is 5.69 Å². The molecule has 0 saturated heterocycles. The highest BCUT2D eigenvalue weighted by atomic mass is 16.5. The number of amides is 2. The van der Waals surface area contributed by atoms with Gasteiger partial charge >= 0.3 is 5.97 Å². The van der Waals surface area contributed by atoms with Crippen LogP contribution in [0, 0.1) is 6.92 Å². The molecule has 0 saturated carbocycles. The summed E-state index contributed by atoms with van der Waals surface area (Å²) in [6.07, 6.45) is 1.64. The zero-order valence-corrected chi connectivity index (χ0v) is 16.6. The van der Waals surface area contributed by atoms with Crippen molar-refractivity contribution >= 4 is 35.1 Å². The van der Waals surface area contributed by atoms with E-state index >= 15 is 0 Å². The first kappa shape index (κ1) is 19.3. The van der Waals surface area contributed by atoms with Gasteiger partial charge in [0, 0.05) is 11.1 Å². The molecule has 30 heavy (non-hydrogen) atoms. The van der Waals surface area contributed by atoms with Crippen molar-refractivity contribution in [2.45, 2.75) is 6.92 Å². The van der Waals surface area contributed by atoms with Crippen molar-refractivity contribution in [3.05, 3.63) is 101 Å². The Hall–Kier alpha value is -3.99. The van der Waals surface area contributed by atoms with Gasteiger partial charge in [-0.1, -0.05) is 54.6 Å². The van der Waals surface area contributed by atoms with Gasteiger partial charge in [0.2, 0.25) is 0 Å². The molecule has 5 nitrogen and oxygen atoms in total. The number of rotatable bonds is 3. The maximum Gasteiger partial charge on any atom is 0.338 e. The first-order valence-corrected chi connectivity index (χ1v) is 9.45. The molecule has 3 aromatic carbocycles. The topological polar surface area (TPSA) is 63.7 Å². The van der Waals surface area contributed by atoms with E-state index in [-0.39, 0.29) is 5.91 Å². The lowest BCUT2D eigenvalue weighted by Crippen LogP contribution is -2.42. The van der Waals surface area contributed by atoms with Crippen LogP contribution in [0.1, 0.15) is 37.4 Å². The Labute approximate surface area is 174 Å². The van der Waals surface area contributed by atoms with E-state index in [1.54, 1.807) is 66.7 Å². The lowest BCUT2D eigenvalue weighted by atomic mass is 9.90. The Kier molecular flexibility index (Phi) is 5.02. The van der Waals surface area contributed by atoms with Crippen molar-refractivity contribution in [2.24, 2.45) is 0 Å². The molecule has 3 aromatic rings. The second-order valence-electron chi connectivity index (χ2n) is 6.91. The van der Waals surface area contributed by atoms with Gasteiger partial charge in [-0.2, -0.15) is 0 Å². The predicted molar refractivity (Wildman–Crippen MR) is 115 cm³/mol. The summed E-state index contributed by atoms with van der Waals surface area (Å²) < 4.78 is 4.87. The standard InChI is InChI=1S/C25H19NO4/c1-16-9-3-8-14-22(16)26-23(27)20-13-7-6-12-19(20)21(24(26)28)15-17-10-4-5-11-18(17)25(29)30-2/h3-15H,1-2H3/b21-15-. The van der Waals surface area contributed by atoms with E-state index in [4.69, 9.17) is 4.74 Å². The minimum atomic E-state index is -0.495. The van der Waals surface area contributed by atoms with Crippen LogP contribution in [-0.2, 0) is 9.53 Å². The Bertz CT molecular complexity index is 1210. The van der Waals surface area contributed by atoms with E-state index in [2.05, 4.69) is 0 Å². The lowest BCUT2D eigenvalue weighted by molar-refractivity contribution is -0.112. The fraction of sp³-hybridized carbons (Fsp3) is 0.0800. The summed E-state index contributed by atoms with van der Waals surface area (Å²) in [5, 5.41) is 0. The number of aryl methyl sites for hydroxylation is 1. The molecule has 4 rings (SSSR count). The van der Waals surface area contributed by atoms with E-state index in [1.165, 1.54) is 12.0 Å². The number of hydrogen-bond acceptors (Lipinski definition) is 4. The molecule has 0 atom stereocenters. The van der Waals surface area contributed by atoms with E-state index in [0.29, 0.717) is 33.5 Å². The molecule has 0 fully saturated rings. The average Bonchev–Trinajstić information content (AvgIpc) is 2.77. The van der Waals surface area contributed by atoms with Gasteiger partial charge in [-0.15, -0.1) is 0 Å². The third-order valence-electron chi connectivity index (χ3n) is 5.11. The van der Waals surface area contributed by atoms with Gasteiger partial charge in [-0.25, -0.2) is 9.69 Å². The number of anilines is 1. The van der Waals surface area contributed by atoms with E-state index in [0.717, 1.165) is 5.56 Å². The highest BCUT2D eigenvalue weighted by molar-refractivity contribution is 6.43. The minimum Gasteiger partial charge on any atom is -0.465 e. The molecule has 0 unspecified atom stereocenters. The number of methoxy groups -OCH3 is 1. The molecule has 0 aromatic heterocycles. The number of carbonyl (C=O) groups is 3. The van der Waals surface area contributed by atoms with Crippen molar-refractivity contribution in [1.29, 1.82) is 0 Å². The Balaban J connectivity index is 1.94. The maximum absolute atomic E-state index is 13.5. The number of ether oxygens (including phenoxy) is 1. The van der Waals surface area contributed by atoms with Crippen LogP contribution in [0.15, 0.2) is 72.8 Å². The maximum atomic E-state index is 13.5. The number of imide groups is 1. The summed E-state index contributed by atoms with van der Waals surface area (Å²) in [7, 11) is 1.31. The fourth-order valence-electron chi connectivity index (χ4n) is 3.60. The Morgan fingerprint density at radius 3 is 2.20 bits per heavy atom. The number of para-hydroxylation sites is 1. The van der Waals surface area contributed by atoms with Crippen molar-refractivity contribution in [3.8, 4) is 0 Å². The first-order valence-electron chi connectivity index (χ1n) is 9.45. The second kappa shape index (κ2) is 7.79. The summed E-state index contributed by atoms with van der Waals surface area (Å²) in [5.41, 5.74) is 3.55. The number of fused-ring (bicyclic) bond motifs is 1. The average molecular weight is 397 g/mol. The summed E-state index contributed by atoms with van der Waals surface area (Å²) in [6, 6.07) is 21.1. The molecular weight excluding hydrogens is 378 g/mol. The molecule has 5 heteroatoms. The number of hydrogen-bond donors (Lipinski definition) is 0. The molecule has 0 spiro atoms. The third-order valence-corrected chi connectivity index (χ3v) is 5.11. The van der Waals surface area contributed by atoms with Crippen LogP contribution in [0.3, 0.4) is 0 Å². The van der Waals surface area contributed by atoms with Gasteiger partial charge in [0.25, 0.3) is 11.8 Å². The van der Waals surface area contributed by atoms with Crippen molar-refractivity contribution in [2.75, 3.05) is 12.0 Å². The number of nitrogens with zero attached hydrogens (tertiary/aromatic N) is 1. The molecule has 0 aliphatic carbocycles. The van der Waals surface area contributed by atoms with Crippen LogP contribution < -0.4 is 4.90 Å². The zero-order chi connectivity index (χ0) is 21.3. The first-order chi connectivity index (χ1) is 14.5. The smallest absolute Gasteiger partial charge is 0.338 e. The normalized spacial score (nSPS) is 14.6. The molecule has 0 bridgehead atoms. The van der Waals surface area contributed by atoms with Crippen molar-refractivity contribution in [3.63, 3.8) is 0 Å². The van der Waals surface area contributed by atoms with Gasteiger partial charge in [-0.05, 0) is 47.9 Å². The lowest BCUT2D eigenvalue weighted by Gasteiger charge is -2.29. The molecule has 1 aliphatic rings. The molecule has 148 valence electrons. The van der Waals surface area contributed by atoms with Crippen molar-refractivity contribution in [1.82, 2.24) is 0 Å². The summed E-state index contributed by atoms with van der Waals surface area (Å²) in [4.78, 5) is 40.1. The second-order valence-corrected chi connectivity index (χ2v) is 6.91. The number of esters is 1. The summed E-state index contributed by atoms with van der Waals surface area (Å²) in [5.74, 6) is -1.30. The van der Waals surface area contributed by atoms with Gasteiger partial charge in [0.05, 0.1) is 18.4 Å². The van der Waals surface area contributed by atoms with E-state index in [9.17, 15) is 14.4 Å². The highest BCUT2D eigenvalue weighted by Crippen LogP contribution is 2.34. The summed E-state index contributed by atoms with van der Waals surface area (Å²) in [6.45, 7) is 1.85. The highest BCUT2D eigenvalue weighted by Gasteiger charge is 2.36. The third kappa shape index (κ3) is 3.20. The molecule has 0 N–H and O–H groups in total. The zero-order valence-electron chi connectivity index (χ0n) is 16.6. The molecule has 2 amide bonds. The molecular formula is C25H19NO4. The van der Waals surface area contributed by atoms with Gasteiger partial charge in [0.15, 0.2) is 0 Å². The van der Waals surface area contributed by atoms with Crippen LogP contribution >= 0.6 is 0 Å². The fourth-order valence-corrected chi connectivity index (χ4v) is 3.60. The SMILES string of the molecule is COC(=O)c1ccccc1/C=C1\C(=O)N(c2ccccc2C)C(=O)c2ccccc21. The largest absolute Gasteiger partial charge is 0.465 e. The van der Waals surface area contributed by atoms with Crippen LogP contribution in [0.2, 0.25) is 0 Å². The van der Waals surface area contributed by atoms with Gasteiger partial charge in [-0.3, -0.25) is 9.59 Å². The minimum absolute atomic E-state index is 0.338. The van der Waals surface area contributed by atoms with E-state index in [1.807, 2.05) is 19.1 Å². The van der Waals surface area contributed by atoms with E-state index < -0.39 is 11.9 Å². The number of carbonyl (C=O) groups excluding carboxylic acids is 3. The van der Waals surface area contributed by atoms with Gasteiger partial charge < -0.3 is 4.74 Å². The molecule has 1 aliphatic heterocycles. The van der Waals surface area contributed by atoms with Crippen LogP contribution in [0.25, 0.3) is 11.6 Å². The van der Waals surface area contributed by atoms with Crippen LogP contribution in [0.5, 0.6) is 0 Å². The molecule has 1 heterocycles. The quantitative estimate of drug-likeness (QED) is 0.371. The van der Waals surface area contributed by atoms with Crippen LogP contribution in [-0.4, -0.2) is 24.9 Å². The monoisotopic (exact) mass is 397 g/mol. The predicted octanol–water partition coefficient (Wildman–Crippen LogP) is 4.51. The summed E-state index contributed by atoms with van der Waals surface area (Å²) >= 11 is 0. The Morgan fingerprint density at radius 2 is 1.47 bits per heavy atom. The van der Waals surface area contributed by atoms with Gasteiger partial charge in [0.1, 0.15) is 0 Å². The van der Waals surface area contributed by atoms with Crippen molar-refractivity contribution < 1.29 is 19.1 Å². The number of benzene rings is 3.